The molecular formula is C14H19Cl2N5O. The molecule has 6 nitrogen and oxygen atoms in total. The molecule has 0 aliphatic rings. The lowest BCUT2D eigenvalue weighted by atomic mass is 10.3. The van der Waals surface area contributed by atoms with Crippen molar-refractivity contribution in [3.63, 3.8) is 0 Å². The van der Waals surface area contributed by atoms with E-state index in [2.05, 4.69) is 10.2 Å². The Morgan fingerprint density at radius 1 is 1.36 bits per heavy atom. The molecule has 1 amide bonds. The van der Waals surface area contributed by atoms with Crippen LogP contribution in [0.5, 0.6) is 0 Å². The highest BCUT2D eigenvalue weighted by Gasteiger charge is 2.15. The highest BCUT2D eigenvalue weighted by atomic mass is 35.5. The first-order valence-corrected chi connectivity index (χ1v) is 7.81. The Bertz CT molecular complexity index is 664. The van der Waals surface area contributed by atoms with Crippen LogP contribution in [0.25, 0.3) is 0 Å². The molecule has 0 N–H and O–H groups in total. The lowest BCUT2D eigenvalue weighted by Gasteiger charge is -2.16. The van der Waals surface area contributed by atoms with Crippen molar-refractivity contribution < 1.29 is 4.79 Å². The van der Waals surface area contributed by atoms with Crippen molar-refractivity contribution in [1.82, 2.24) is 24.5 Å². The summed E-state index contributed by atoms with van der Waals surface area (Å²) in [6.07, 6.45) is 3.70. The lowest BCUT2D eigenvalue weighted by molar-refractivity contribution is -0.130. The molecule has 0 fully saturated rings. The highest BCUT2D eigenvalue weighted by Crippen LogP contribution is 2.16. The molecule has 2 aromatic heterocycles. The molecule has 0 aromatic carbocycles. The standard InChI is InChI=1S/C14H19Cl2N5O/c1-4-20-8-12(16)13(18-20)9-19(3)14(22)5-6-21-10(2)11(15)7-17-21/h7-8H,4-6,9H2,1-3H3. The van der Waals surface area contributed by atoms with E-state index >= 15 is 0 Å². The molecule has 0 spiro atoms. The quantitative estimate of drug-likeness (QED) is 0.810. The van der Waals surface area contributed by atoms with Crippen LogP contribution in [0.1, 0.15) is 24.7 Å². The average molecular weight is 344 g/mol. The molecule has 8 heteroatoms. The van der Waals surface area contributed by atoms with E-state index in [1.165, 1.54) is 0 Å². The number of carbonyl (C=O) groups excluding carboxylic acids is 1. The molecule has 0 bridgehead atoms. The van der Waals surface area contributed by atoms with E-state index in [4.69, 9.17) is 23.2 Å². The summed E-state index contributed by atoms with van der Waals surface area (Å²) in [6, 6.07) is 0. The Morgan fingerprint density at radius 3 is 2.64 bits per heavy atom. The first kappa shape index (κ1) is 16.8. The highest BCUT2D eigenvalue weighted by molar-refractivity contribution is 6.31. The monoisotopic (exact) mass is 343 g/mol. The van der Waals surface area contributed by atoms with Gasteiger partial charge in [0.2, 0.25) is 5.91 Å². The van der Waals surface area contributed by atoms with E-state index < -0.39 is 0 Å². The molecule has 22 heavy (non-hydrogen) atoms. The van der Waals surface area contributed by atoms with Crippen LogP contribution in [0.4, 0.5) is 0 Å². The number of aromatic nitrogens is 4. The average Bonchev–Trinajstić information content (AvgIpc) is 3.01. The zero-order chi connectivity index (χ0) is 16.3. The largest absolute Gasteiger partial charge is 0.340 e. The second-order valence-corrected chi connectivity index (χ2v) is 5.89. The number of halogens is 2. The molecule has 120 valence electrons. The van der Waals surface area contributed by atoms with Gasteiger partial charge in [0, 0.05) is 26.2 Å². The van der Waals surface area contributed by atoms with Crippen LogP contribution in [0.3, 0.4) is 0 Å². The van der Waals surface area contributed by atoms with Gasteiger partial charge in [0.05, 0.1) is 35.0 Å². The van der Waals surface area contributed by atoms with Crippen molar-refractivity contribution in [3.05, 3.63) is 33.8 Å². The second kappa shape index (κ2) is 7.15. The van der Waals surface area contributed by atoms with Crippen molar-refractivity contribution in [1.29, 1.82) is 0 Å². The molecule has 0 aliphatic heterocycles. The van der Waals surface area contributed by atoms with Gasteiger partial charge in [0.15, 0.2) is 0 Å². The first-order valence-electron chi connectivity index (χ1n) is 7.06. The first-order chi connectivity index (χ1) is 10.4. The maximum absolute atomic E-state index is 12.2. The minimum Gasteiger partial charge on any atom is -0.340 e. The summed E-state index contributed by atoms with van der Waals surface area (Å²) in [5, 5.41) is 9.67. The fourth-order valence-corrected chi connectivity index (χ4v) is 2.41. The van der Waals surface area contributed by atoms with Crippen LogP contribution in [-0.4, -0.2) is 37.4 Å². The molecule has 0 unspecified atom stereocenters. The number of carbonyl (C=O) groups is 1. The van der Waals surface area contributed by atoms with Gasteiger partial charge in [-0.15, -0.1) is 0 Å². The van der Waals surface area contributed by atoms with Gasteiger partial charge in [-0.2, -0.15) is 10.2 Å². The van der Waals surface area contributed by atoms with Crippen LogP contribution in [0, 0.1) is 6.92 Å². The van der Waals surface area contributed by atoms with Gasteiger partial charge in [-0.05, 0) is 13.8 Å². The Kier molecular flexibility index (Phi) is 5.47. The lowest BCUT2D eigenvalue weighted by Crippen LogP contribution is -2.27. The predicted octanol–water partition coefficient (Wildman–Crippen LogP) is 2.76. The third-order valence-corrected chi connectivity index (χ3v) is 4.19. The van der Waals surface area contributed by atoms with Gasteiger partial charge in [-0.3, -0.25) is 14.2 Å². The number of hydrogen-bond acceptors (Lipinski definition) is 3. The molecule has 2 aromatic rings. The Morgan fingerprint density at radius 2 is 2.09 bits per heavy atom. The minimum absolute atomic E-state index is 0.00753. The van der Waals surface area contributed by atoms with E-state index in [1.807, 2.05) is 13.8 Å². The summed E-state index contributed by atoms with van der Waals surface area (Å²) in [5.41, 5.74) is 1.57. The van der Waals surface area contributed by atoms with Gasteiger partial charge < -0.3 is 4.90 Å². The molecular weight excluding hydrogens is 325 g/mol. The van der Waals surface area contributed by atoms with Gasteiger partial charge in [0.25, 0.3) is 0 Å². The maximum Gasteiger partial charge on any atom is 0.224 e. The summed E-state index contributed by atoms with van der Waals surface area (Å²) < 4.78 is 3.48. The number of rotatable bonds is 6. The van der Waals surface area contributed by atoms with Crippen LogP contribution < -0.4 is 0 Å². The van der Waals surface area contributed by atoms with E-state index in [1.54, 1.807) is 33.7 Å². The Balaban J connectivity index is 1.91. The third-order valence-electron chi connectivity index (χ3n) is 3.50. The molecule has 0 atom stereocenters. The summed E-state index contributed by atoms with van der Waals surface area (Å²) in [7, 11) is 1.74. The minimum atomic E-state index is 0.00753. The summed E-state index contributed by atoms with van der Waals surface area (Å²) >= 11 is 12.1. The number of hydrogen-bond donors (Lipinski definition) is 0. The summed E-state index contributed by atoms with van der Waals surface area (Å²) in [6.45, 7) is 5.50. The van der Waals surface area contributed by atoms with Gasteiger partial charge in [-0.1, -0.05) is 23.2 Å². The number of amides is 1. The van der Waals surface area contributed by atoms with Crippen molar-refractivity contribution in [2.75, 3.05) is 7.05 Å². The molecule has 0 saturated carbocycles. The third kappa shape index (κ3) is 3.81. The number of nitrogens with zero attached hydrogens (tertiary/aromatic N) is 5. The van der Waals surface area contributed by atoms with Crippen LogP contribution >= 0.6 is 23.2 Å². The second-order valence-electron chi connectivity index (χ2n) is 5.08. The van der Waals surface area contributed by atoms with Crippen molar-refractivity contribution in [3.8, 4) is 0 Å². The van der Waals surface area contributed by atoms with E-state index in [-0.39, 0.29) is 5.91 Å². The number of aryl methyl sites for hydroxylation is 2. The zero-order valence-corrected chi connectivity index (χ0v) is 14.4. The molecule has 0 radical (unpaired) electrons. The molecule has 0 aliphatic carbocycles. The van der Waals surface area contributed by atoms with Crippen molar-refractivity contribution >= 4 is 29.1 Å². The smallest absolute Gasteiger partial charge is 0.224 e. The van der Waals surface area contributed by atoms with E-state index in [9.17, 15) is 4.79 Å². The molecule has 2 rings (SSSR count). The molecule has 0 saturated heterocycles. The van der Waals surface area contributed by atoms with E-state index in [0.717, 1.165) is 12.2 Å². The SMILES string of the molecule is CCn1cc(Cl)c(CN(C)C(=O)CCn2ncc(Cl)c2C)n1. The summed E-state index contributed by atoms with van der Waals surface area (Å²) in [4.78, 5) is 13.8. The predicted molar refractivity (Wildman–Crippen MR) is 86.0 cm³/mol. The Labute approximate surface area is 139 Å². The van der Waals surface area contributed by atoms with Gasteiger partial charge in [0.1, 0.15) is 5.69 Å². The topological polar surface area (TPSA) is 56.0 Å². The van der Waals surface area contributed by atoms with Crippen molar-refractivity contribution in [2.45, 2.75) is 39.9 Å². The van der Waals surface area contributed by atoms with Crippen LogP contribution in [0.2, 0.25) is 10.0 Å². The zero-order valence-electron chi connectivity index (χ0n) is 12.9. The fraction of sp³-hybridized carbons (Fsp3) is 0.500. The fourth-order valence-electron chi connectivity index (χ4n) is 2.06. The van der Waals surface area contributed by atoms with E-state index in [0.29, 0.717) is 35.2 Å². The maximum atomic E-state index is 12.2. The van der Waals surface area contributed by atoms with Crippen LogP contribution in [-0.2, 0) is 24.4 Å². The van der Waals surface area contributed by atoms with Crippen LogP contribution in [0.15, 0.2) is 12.4 Å². The van der Waals surface area contributed by atoms with Crippen molar-refractivity contribution in [2.24, 2.45) is 0 Å². The van der Waals surface area contributed by atoms with Gasteiger partial charge >= 0.3 is 0 Å². The molecule has 2 heterocycles. The normalized spacial score (nSPS) is 11.0. The Hall–Kier alpha value is -1.53. The van der Waals surface area contributed by atoms with Gasteiger partial charge in [-0.25, -0.2) is 0 Å². The summed E-state index contributed by atoms with van der Waals surface area (Å²) in [5.74, 6) is 0.00753.